The van der Waals surface area contributed by atoms with Crippen LogP contribution in [0.4, 0.5) is 0 Å². The molecule has 0 spiro atoms. The Bertz CT molecular complexity index is 896. The molecule has 0 aliphatic heterocycles. The summed E-state index contributed by atoms with van der Waals surface area (Å²) in [7, 11) is 4.27. The number of para-hydroxylation sites is 1. The van der Waals surface area contributed by atoms with Crippen molar-refractivity contribution in [3.8, 4) is 5.75 Å². The minimum absolute atomic E-state index is 0.0787. The Morgan fingerprint density at radius 2 is 1.33 bits per heavy atom. The van der Waals surface area contributed by atoms with Crippen LogP contribution in [0.1, 0.15) is 108 Å². The van der Waals surface area contributed by atoms with Crippen molar-refractivity contribution in [2.75, 3.05) is 27.3 Å². The summed E-state index contributed by atoms with van der Waals surface area (Å²) in [6.07, 6.45) is 16.7. The summed E-state index contributed by atoms with van der Waals surface area (Å²) in [4.78, 5) is 13.0. The molecule has 0 saturated heterocycles. The largest absolute Gasteiger partial charge is 0.493 e. The Balaban J connectivity index is 1.66. The van der Waals surface area contributed by atoms with Crippen LogP contribution in [-0.2, 0) is 22.5 Å². The number of nitrogens with zero attached hydrogens (tertiary/aromatic N) is 1. The standard InChI is InChI=1S/C35H56NO3/c1-5-7-8-9-10-11-12-13-17-25-32-26-18-19-27-34(32)38-28-20-21-29-39-35(37)33(22-6-2)36(3,4)30-31-23-15-14-16-24-31/h14-16,18-19,23-24,26-27,33H,5-13,17,20-22,25,28-30H2,1-4H3/q+1. The number of carbonyl (C=O) groups excluding carboxylic acids is 1. The van der Waals surface area contributed by atoms with Crippen molar-refractivity contribution in [1.82, 2.24) is 0 Å². The second-order valence-corrected chi connectivity index (χ2v) is 11.6. The first kappa shape index (κ1) is 32.9. The van der Waals surface area contributed by atoms with E-state index in [1.807, 2.05) is 6.07 Å². The predicted octanol–water partition coefficient (Wildman–Crippen LogP) is 8.91. The maximum absolute atomic E-state index is 13.0. The van der Waals surface area contributed by atoms with Gasteiger partial charge in [0.15, 0.2) is 6.04 Å². The first-order valence-corrected chi connectivity index (χ1v) is 15.7. The van der Waals surface area contributed by atoms with Gasteiger partial charge >= 0.3 is 5.97 Å². The number of carbonyl (C=O) groups is 1. The molecule has 0 amide bonds. The van der Waals surface area contributed by atoms with Crippen LogP contribution >= 0.6 is 0 Å². The van der Waals surface area contributed by atoms with E-state index in [0.717, 1.165) is 44.4 Å². The van der Waals surface area contributed by atoms with E-state index in [1.165, 1.54) is 68.9 Å². The number of esters is 1. The SMILES string of the molecule is CCCCCCCCCCCc1ccccc1OCCCCOC(=O)C(CCC)[N+](C)(C)Cc1ccccc1. The van der Waals surface area contributed by atoms with Crippen LogP contribution in [0.5, 0.6) is 5.75 Å². The third-order valence-corrected chi connectivity index (χ3v) is 7.67. The Labute approximate surface area is 239 Å². The van der Waals surface area contributed by atoms with E-state index in [2.05, 4.69) is 76.5 Å². The monoisotopic (exact) mass is 538 g/mol. The molecule has 0 N–H and O–H groups in total. The zero-order valence-electron chi connectivity index (χ0n) is 25.5. The van der Waals surface area contributed by atoms with Crippen LogP contribution in [0.25, 0.3) is 0 Å². The van der Waals surface area contributed by atoms with Crippen LogP contribution in [0.3, 0.4) is 0 Å². The molecule has 0 bridgehead atoms. The lowest BCUT2D eigenvalue weighted by Gasteiger charge is -2.36. The van der Waals surface area contributed by atoms with Crippen molar-refractivity contribution in [1.29, 1.82) is 0 Å². The van der Waals surface area contributed by atoms with Gasteiger partial charge in [-0.25, -0.2) is 4.79 Å². The lowest BCUT2D eigenvalue weighted by Crippen LogP contribution is -2.52. The summed E-state index contributed by atoms with van der Waals surface area (Å²) < 4.78 is 12.5. The van der Waals surface area contributed by atoms with Crippen molar-refractivity contribution >= 4 is 5.97 Å². The highest BCUT2D eigenvalue weighted by Crippen LogP contribution is 2.22. The molecule has 1 atom stereocenters. The van der Waals surface area contributed by atoms with Crippen LogP contribution in [0.2, 0.25) is 0 Å². The molecule has 4 nitrogen and oxygen atoms in total. The highest BCUT2D eigenvalue weighted by Gasteiger charge is 2.35. The fourth-order valence-electron chi connectivity index (χ4n) is 5.32. The van der Waals surface area contributed by atoms with E-state index >= 15 is 0 Å². The first-order chi connectivity index (χ1) is 19.0. The third kappa shape index (κ3) is 13.5. The normalized spacial score (nSPS) is 12.3. The maximum Gasteiger partial charge on any atom is 0.364 e. The molecule has 1 unspecified atom stereocenters. The summed E-state index contributed by atoms with van der Waals surface area (Å²) in [5.74, 6) is 0.932. The van der Waals surface area contributed by atoms with Crippen LogP contribution in [0, 0.1) is 0 Å². The van der Waals surface area contributed by atoms with Crippen molar-refractivity contribution in [2.45, 2.75) is 116 Å². The van der Waals surface area contributed by atoms with Gasteiger partial charge in [0.1, 0.15) is 12.3 Å². The number of hydrogen-bond acceptors (Lipinski definition) is 3. The molecular weight excluding hydrogens is 482 g/mol. The topological polar surface area (TPSA) is 35.5 Å². The van der Waals surface area contributed by atoms with Gasteiger partial charge in [0.2, 0.25) is 0 Å². The van der Waals surface area contributed by atoms with Gasteiger partial charge in [-0.05, 0) is 43.7 Å². The number of benzene rings is 2. The number of likely N-dealkylation sites (N-methyl/N-ethyl adjacent to an activating group) is 1. The average molecular weight is 539 g/mol. The van der Waals surface area contributed by atoms with Crippen molar-refractivity contribution < 1.29 is 18.8 Å². The number of unbranched alkanes of at least 4 members (excludes halogenated alkanes) is 9. The average Bonchev–Trinajstić information content (AvgIpc) is 2.93. The quantitative estimate of drug-likeness (QED) is 0.0853. The van der Waals surface area contributed by atoms with Gasteiger partial charge in [-0.15, -0.1) is 0 Å². The zero-order chi connectivity index (χ0) is 28.2. The number of quaternary nitrogens is 1. The second kappa shape index (κ2) is 19.7. The minimum Gasteiger partial charge on any atom is -0.493 e. The molecule has 4 heteroatoms. The molecule has 0 aliphatic rings. The van der Waals surface area contributed by atoms with E-state index in [0.29, 0.717) is 17.7 Å². The molecule has 39 heavy (non-hydrogen) atoms. The lowest BCUT2D eigenvalue weighted by molar-refractivity contribution is -0.920. The number of rotatable bonds is 22. The molecule has 0 fully saturated rings. The Kier molecular flexibility index (Phi) is 16.6. The minimum atomic E-state index is -0.153. The number of hydrogen-bond donors (Lipinski definition) is 0. The van der Waals surface area contributed by atoms with Crippen molar-refractivity contribution in [2.24, 2.45) is 0 Å². The predicted molar refractivity (Wildman–Crippen MR) is 164 cm³/mol. The van der Waals surface area contributed by atoms with Gasteiger partial charge in [-0.3, -0.25) is 0 Å². The fraction of sp³-hybridized carbons (Fsp3) is 0.629. The molecular formula is C35H56NO3+. The van der Waals surface area contributed by atoms with Gasteiger partial charge in [0.05, 0.1) is 27.3 Å². The third-order valence-electron chi connectivity index (χ3n) is 7.67. The highest BCUT2D eigenvalue weighted by molar-refractivity contribution is 5.74. The van der Waals surface area contributed by atoms with Gasteiger partial charge < -0.3 is 14.0 Å². The molecule has 0 heterocycles. The van der Waals surface area contributed by atoms with E-state index in [9.17, 15) is 4.79 Å². The summed E-state index contributed by atoms with van der Waals surface area (Å²) in [6, 6.07) is 18.7. The maximum atomic E-state index is 13.0. The second-order valence-electron chi connectivity index (χ2n) is 11.6. The van der Waals surface area contributed by atoms with Gasteiger partial charge in [-0.1, -0.05) is 114 Å². The van der Waals surface area contributed by atoms with Gasteiger partial charge in [0, 0.05) is 12.0 Å². The summed E-state index contributed by atoms with van der Waals surface area (Å²) in [5, 5.41) is 0. The molecule has 2 aromatic rings. The molecule has 0 radical (unpaired) electrons. The fourth-order valence-corrected chi connectivity index (χ4v) is 5.32. The van der Waals surface area contributed by atoms with Gasteiger partial charge in [-0.2, -0.15) is 0 Å². The van der Waals surface area contributed by atoms with Crippen LogP contribution < -0.4 is 4.74 Å². The number of ether oxygens (including phenoxy) is 2. The molecule has 2 rings (SSSR count). The first-order valence-electron chi connectivity index (χ1n) is 15.7. The molecule has 2 aromatic carbocycles. The summed E-state index contributed by atoms with van der Waals surface area (Å²) >= 11 is 0. The van der Waals surface area contributed by atoms with Crippen molar-refractivity contribution in [3.05, 3.63) is 65.7 Å². The van der Waals surface area contributed by atoms with E-state index < -0.39 is 0 Å². The lowest BCUT2D eigenvalue weighted by atomic mass is 10.0. The van der Waals surface area contributed by atoms with E-state index in [-0.39, 0.29) is 12.0 Å². The summed E-state index contributed by atoms with van der Waals surface area (Å²) in [6.45, 7) is 6.32. The van der Waals surface area contributed by atoms with Crippen LogP contribution in [0.15, 0.2) is 54.6 Å². The van der Waals surface area contributed by atoms with Gasteiger partial charge in [0.25, 0.3) is 0 Å². The van der Waals surface area contributed by atoms with E-state index in [1.54, 1.807) is 0 Å². The summed E-state index contributed by atoms with van der Waals surface area (Å²) in [5.41, 5.74) is 2.55. The number of aryl methyl sites for hydroxylation is 1. The highest BCUT2D eigenvalue weighted by atomic mass is 16.5. The molecule has 0 aromatic heterocycles. The van der Waals surface area contributed by atoms with Crippen LogP contribution in [-0.4, -0.2) is 43.8 Å². The Hall–Kier alpha value is -2.33. The Morgan fingerprint density at radius 1 is 0.718 bits per heavy atom. The zero-order valence-corrected chi connectivity index (χ0v) is 25.5. The molecule has 218 valence electrons. The van der Waals surface area contributed by atoms with Crippen molar-refractivity contribution in [3.63, 3.8) is 0 Å². The van der Waals surface area contributed by atoms with E-state index in [4.69, 9.17) is 9.47 Å². The molecule has 0 saturated carbocycles. The Morgan fingerprint density at radius 3 is 2.03 bits per heavy atom. The molecule has 0 aliphatic carbocycles. The smallest absolute Gasteiger partial charge is 0.364 e.